The van der Waals surface area contributed by atoms with E-state index in [1.807, 2.05) is 27.8 Å². The summed E-state index contributed by atoms with van der Waals surface area (Å²) in [5.74, 6) is 0.926. The summed E-state index contributed by atoms with van der Waals surface area (Å²) in [6.45, 7) is 2.67. The zero-order valence-electron chi connectivity index (χ0n) is 14.5. The highest BCUT2D eigenvalue weighted by molar-refractivity contribution is 5.78. The van der Waals surface area contributed by atoms with Crippen molar-refractivity contribution in [1.82, 2.24) is 24.9 Å². The molecule has 0 aromatic carbocycles. The van der Waals surface area contributed by atoms with E-state index in [9.17, 15) is 4.79 Å². The molecule has 4 rings (SSSR count). The van der Waals surface area contributed by atoms with E-state index in [1.54, 1.807) is 13.3 Å². The molecule has 0 spiro atoms. The number of methoxy groups -OCH3 is 1. The van der Waals surface area contributed by atoms with E-state index < -0.39 is 0 Å². The predicted molar refractivity (Wildman–Crippen MR) is 90.7 cm³/mol. The molecule has 0 N–H and O–H groups in total. The largest absolute Gasteiger partial charge is 0.384 e. The van der Waals surface area contributed by atoms with Gasteiger partial charge in [-0.25, -0.2) is 4.68 Å². The summed E-state index contributed by atoms with van der Waals surface area (Å²) in [7, 11) is 1.70. The van der Waals surface area contributed by atoms with Gasteiger partial charge in [-0.05, 0) is 30.9 Å². The van der Waals surface area contributed by atoms with Crippen molar-refractivity contribution in [1.29, 1.82) is 0 Å². The Morgan fingerprint density at radius 3 is 2.96 bits per heavy atom. The molecule has 2 aromatic rings. The van der Waals surface area contributed by atoms with Gasteiger partial charge >= 0.3 is 0 Å². The smallest absolute Gasteiger partial charge is 0.228 e. The normalized spacial score (nSPS) is 19.7. The van der Waals surface area contributed by atoms with Gasteiger partial charge in [-0.3, -0.25) is 9.78 Å². The van der Waals surface area contributed by atoms with Crippen molar-refractivity contribution in [2.24, 2.45) is 5.92 Å². The topological polar surface area (TPSA) is 73.1 Å². The molecule has 1 unspecified atom stereocenters. The van der Waals surface area contributed by atoms with Gasteiger partial charge < -0.3 is 9.64 Å². The fourth-order valence-electron chi connectivity index (χ4n) is 3.49. The van der Waals surface area contributed by atoms with Crippen LogP contribution in [0, 0.1) is 5.92 Å². The Hall–Kier alpha value is -2.28. The Balaban J connectivity index is 1.52. The average molecular weight is 341 g/mol. The number of rotatable bonds is 6. The second-order valence-corrected chi connectivity index (χ2v) is 6.97. The van der Waals surface area contributed by atoms with E-state index >= 15 is 0 Å². The summed E-state index contributed by atoms with van der Waals surface area (Å²) in [5, 5.41) is 8.71. The first-order valence-electron chi connectivity index (χ1n) is 8.83. The highest BCUT2D eigenvalue weighted by Crippen LogP contribution is 2.33. The highest BCUT2D eigenvalue weighted by Gasteiger charge is 2.34. The third kappa shape index (κ3) is 3.56. The van der Waals surface area contributed by atoms with Gasteiger partial charge in [0.15, 0.2) is 0 Å². The summed E-state index contributed by atoms with van der Waals surface area (Å²) >= 11 is 0. The second kappa shape index (κ2) is 6.92. The average Bonchev–Trinajstić information content (AvgIpc) is 3.34. The molecule has 0 radical (unpaired) electrons. The maximum absolute atomic E-state index is 12.7. The van der Waals surface area contributed by atoms with Gasteiger partial charge in [0.2, 0.25) is 5.91 Å². The predicted octanol–water partition coefficient (Wildman–Crippen LogP) is 1.40. The number of nitrogens with zero attached hydrogens (tertiary/aromatic N) is 5. The van der Waals surface area contributed by atoms with Crippen LogP contribution in [0.1, 0.15) is 35.8 Å². The van der Waals surface area contributed by atoms with Crippen molar-refractivity contribution >= 4 is 5.91 Å². The molecule has 2 aliphatic rings. The SMILES string of the molecule is COCC1CN(C(=O)Cc2ccccn2)Cc2nnn(CC3CC3)c21. The maximum atomic E-state index is 12.7. The summed E-state index contributed by atoms with van der Waals surface area (Å²) in [4.78, 5) is 18.8. The van der Waals surface area contributed by atoms with Crippen LogP contribution in [0.2, 0.25) is 0 Å². The highest BCUT2D eigenvalue weighted by atomic mass is 16.5. The lowest BCUT2D eigenvalue weighted by Crippen LogP contribution is -2.41. The van der Waals surface area contributed by atoms with Crippen molar-refractivity contribution in [3.63, 3.8) is 0 Å². The molecule has 1 saturated carbocycles. The number of carbonyl (C=O) groups excluding carboxylic acids is 1. The summed E-state index contributed by atoms with van der Waals surface area (Å²) in [5.41, 5.74) is 2.85. The number of aromatic nitrogens is 4. The van der Waals surface area contributed by atoms with Crippen LogP contribution in [-0.2, 0) is 29.0 Å². The third-order valence-electron chi connectivity index (χ3n) is 4.92. The minimum absolute atomic E-state index is 0.0715. The number of amides is 1. The Labute approximate surface area is 147 Å². The van der Waals surface area contributed by atoms with Gasteiger partial charge in [0.25, 0.3) is 0 Å². The van der Waals surface area contributed by atoms with Gasteiger partial charge in [-0.15, -0.1) is 5.10 Å². The van der Waals surface area contributed by atoms with Crippen LogP contribution in [0.4, 0.5) is 0 Å². The molecular weight excluding hydrogens is 318 g/mol. The van der Waals surface area contributed by atoms with Gasteiger partial charge in [-0.1, -0.05) is 11.3 Å². The molecule has 0 saturated heterocycles. The molecule has 0 bridgehead atoms. The molecule has 1 aliphatic heterocycles. The standard InChI is InChI=1S/C18H23N5O2/c1-25-12-14-10-22(17(24)8-15-4-2-3-7-19-15)11-16-18(14)23(21-20-16)9-13-5-6-13/h2-4,7,13-14H,5-6,8-12H2,1H3. The minimum atomic E-state index is 0.0715. The molecule has 1 atom stereocenters. The lowest BCUT2D eigenvalue weighted by atomic mass is 9.98. The molecule has 25 heavy (non-hydrogen) atoms. The van der Waals surface area contributed by atoms with Crippen LogP contribution < -0.4 is 0 Å². The fraction of sp³-hybridized carbons (Fsp3) is 0.556. The zero-order valence-corrected chi connectivity index (χ0v) is 14.5. The van der Waals surface area contributed by atoms with Gasteiger partial charge in [0.1, 0.15) is 5.69 Å². The van der Waals surface area contributed by atoms with Crippen molar-refractivity contribution < 1.29 is 9.53 Å². The van der Waals surface area contributed by atoms with E-state index in [2.05, 4.69) is 15.3 Å². The number of carbonyl (C=O) groups is 1. The zero-order chi connectivity index (χ0) is 17.2. The van der Waals surface area contributed by atoms with Crippen molar-refractivity contribution in [3.8, 4) is 0 Å². The van der Waals surface area contributed by atoms with Gasteiger partial charge in [0, 0.05) is 38.0 Å². The monoisotopic (exact) mass is 341 g/mol. The van der Waals surface area contributed by atoms with E-state index in [0.29, 0.717) is 26.1 Å². The molecule has 1 fully saturated rings. The van der Waals surface area contributed by atoms with Crippen molar-refractivity contribution in [3.05, 3.63) is 41.5 Å². The van der Waals surface area contributed by atoms with Crippen LogP contribution in [0.15, 0.2) is 24.4 Å². The maximum Gasteiger partial charge on any atom is 0.228 e. The quantitative estimate of drug-likeness (QED) is 0.794. The molecule has 3 heterocycles. The summed E-state index contributed by atoms with van der Waals surface area (Å²) in [6, 6.07) is 5.64. The van der Waals surface area contributed by atoms with Gasteiger partial charge in [-0.2, -0.15) is 0 Å². The van der Waals surface area contributed by atoms with Crippen LogP contribution in [0.25, 0.3) is 0 Å². The van der Waals surface area contributed by atoms with Crippen LogP contribution in [0.5, 0.6) is 0 Å². The molecule has 7 heteroatoms. The van der Waals surface area contributed by atoms with E-state index in [-0.39, 0.29) is 11.8 Å². The molecule has 7 nitrogen and oxygen atoms in total. The van der Waals surface area contributed by atoms with Crippen LogP contribution in [-0.4, -0.2) is 51.0 Å². The lowest BCUT2D eigenvalue weighted by Gasteiger charge is -2.32. The first-order valence-corrected chi connectivity index (χ1v) is 8.83. The van der Waals surface area contributed by atoms with Crippen LogP contribution >= 0.6 is 0 Å². The first-order chi connectivity index (χ1) is 12.2. The van der Waals surface area contributed by atoms with Crippen LogP contribution in [0.3, 0.4) is 0 Å². The van der Waals surface area contributed by atoms with Gasteiger partial charge in [0.05, 0.1) is 25.3 Å². The number of hydrogen-bond donors (Lipinski definition) is 0. The van der Waals surface area contributed by atoms with Crippen molar-refractivity contribution in [2.75, 3.05) is 20.3 Å². The number of fused-ring (bicyclic) bond motifs is 1. The molecule has 1 aliphatic carbocycles. The van der Waals surface area contributed by atoms with Crippen molar-refractivity contribution in [2.45, 2.75) is 38.3 Å². The number of pyridine rings is 1. The molecule has 1 amide bonds. The summed E-state index contributed by atoms with van der Waals surface area (Å²) < 4.78 is 7.45. The molecular formula is C18H23N5O2. The number of hydrogen-bond acceptors (Lipinski definition) is 5. The number of ether oxygens (including phenoxy) is 1. The van der Waals surface area contributed by atoms with E-state index in [1.165, 1.54) is 12.8 Å². The lowest BCUT2D eigenvalue weighted by molar-refractivity contribution is -0.132. The Morgan fingerprint density at radius 1 is 1.36 bits per heavy atom. The Morgan fingerprint density at radius 2 is 2.24 bits per heavy atom. The van der Waals surface area contributed by atoms with E-state index in [0.717, 1.165) is 29.5 Å². The fourth-order valence-corrected chi connectivity index (χ4v) is 3.49. The first kappa shape index (κ1) is 16.2. The third-order valence-corrected chi connectivity index (χ3v) is 4.92. The summed E-state index contributed by atoms with van der Waals surface area (Å²) in [6.07, 6.45) is 4.58. The molecule has 132 valence electrons. The Kier molecular flexibility index (Phi) is 4.48. The molecule has 2 aromatic heterocycles. The van der Waals surface area contributed by atoms with E-state index in [4.69, 9.17) is 4.74 Å². The second-order valence-electron chi connectivity index (χ2n) is 6.97. The Bertz CT molecular complexity index is 741. The minimum Gasteiger partial charge on any atom is -0.384 e.